The molecule has 23 heteroatoms. The van der Waals surface area contributed by atoms with E-state index in [1.165, 1.54) is 0 Å². The lowest BCUT2D eigenvalue weighted by Gasteiger charge is -2.44. The summed E-state index contributed by atoms with van der Waals surface area (Å²) in [5, 5.41) is -3.76. The maximum absolute atomic E-state index is 13.2. The molecule has 0 saturated carbocycles. The predicted octanol–water partition coefficient (Wildman–Crippen LogP) is 7.00. The van der Waals surface area contributed by atoms with E-state index < -0.39 is 65.2 Å². The Bertz CT molecular complexity index is 700. The Morgan fingerprint density at radius 1 is 0.364 bits per heavy atom. The van der Waals surface area contributed by atoms with Crippen LogP contribution in [-0.4, -0.2) is 65.2 Å². The van der Waals surface area contributed by atoms with Gasteiger partial charge in [0.05, 0.1) is 5.34 Å². The van der Waals surface area contributed by atoms with Crippen molar-refractivity contribution in [2.75, 3.05) is 0 Å². The maximum Gasteiger partial charge on any atom is 0.460 e. The monoisotopic (exact) mass is 553 g/mol. The Labute approximate surface area is 163 Å². The molecule has 0 fully saturated rings. The molecule has 1 atom stereocenters. The Balaban J connectivity index is 6.96. The normalized spacial score (nSPS) is 17.5. The van der Waals surface area contributed by atoms with Gasteiger partial charge in [-0.3, -0.25) is 0 Å². The molecule has 0 aromatic rings. The first kappa shape index (κ1) is 31.4. The van der Waals surface area contributed by atoms with Crippen molar-refractivity contribution in [2.24, 2.45) is 0 Å². The highest BCUT2D eigenvalue weighted by molar-refractivity contribution is 5.17. The van der Waals surface area contributed by atoms with E-state index in [2.05, 4.69) is 0 Å². The van der Waals surface area contributed by atoms with E-state index in [9.17, 15) is 96.8 Å². The molecule has 0 aliphatic rings. The molecule has 0 aliphatic carbocycles. The van der Waals surface area contributed by atoms with Crippen molar-refractivity contribution in [2.45, 2.75) is 59.9 Å². The summed E-state index contributed by atoms with van der Waals surface area (Å²) in [5.74, 6) is -70.4. The molecule has 0 heterocycles. The molecule has 0 radical (unpaired) electrons. The van der Waals surface area contributed by atoms with Crippen LogP contribution in [0.15, 0.2) is 0 Å². The van der Waals surface area contributed by atoms with Crippen molar-refractivity contribution < 1.29 is 96.8 Å². The molecule has 33 heavy (non-hydrogen) atoms. The lowest BCUT2D eigenvalue weighted by atomic mass is 9.87. The van der Waals surface area contributed by atoms with Gasteiger partial charge in [-0.05, 0) is 0 Å². The zero-order chi connectivity index (χ0) is 27.7. The highest BCUT2D eigenvalue weighted by atomic mass is 19.4. The summed E-state index contributed by atoms with van der Waals surface area (Å²) < 4.78 is 279. The third-order valence-electron chi connectivity index (χ3n) is 3.61. The third-order valence-corrected chi connectivity index (χ3v) is 3.61. The van der Waals surface area contributed by atoms with Crippen molar-refractivity contribution in [1.29, 1.82) is 0 Å². The van der Waals surface area contributed by atoms with Crippen LogP contribution in [0, 0.1) is 0 Å². The van der Waals surface area contributed by atoms with Crippen LogP contribution in [0.4, 0.5) is 96.8 Å². The Morgan fingerprint density at radius 3 is 0.788 bits per heavy atom. The van der Waals surface area contributed by atoms with Gasteiger partial charge in [0.1, 0.15) is 0 Å². The molecule has 0 aromatic carbocycles. The predicted molar refractivity (Wildman–Crippen MR) is 54.6 cm³/mol. The second-order valence-electron chi connectivity index (χ2n) is 5.74. The number of hydrogen-bond acceptors (Lipinski definition) is 1. The van der Waals surface area contributed by atoms with Crippen LogP contribution in [0.3, 0.4) is 0 Å². The topological polar surface area (TPSA) is 3.24 Å². The summed E-state index contributed by atoms with van der Waals surface area (Å²) in [7, 11) is 0. The van der Waals surface area contributed by atoms with Crippen molar-refractivity contribution in [1.82, 2.24) is 5.34 Å². The van der Waals surface area contributed by atoms with Gasteiger partial charge in [0.15, 0.2) is 0 Å². The molecule has 200 valence electrons. The molecule has 0 aromatic heterocycles. The van der Waals surface area contributed by atoms with Gasteiger partial charge < -0.3 is 0 Å². The molecular formula is C10HF22N. The van der Waals surface area contributed by atoms with Gasteiger partial charge >= 0.3 is 53.6 Å². The third kappa shape index (κ3) is 3.80. The SMILES string of the molecule is FC(N(F)F)C(F)(F)C(F)(F)C(F)(F)C(F)(F)C(F)(F)C(F)(F)C(F)(F)C(F)(F)C(F)(F)F. The number of nitrogens with zero attached hydrogens (tertiary/aromatic N) is 1. The van der Waals surface area contributed by atoms with Crippen LogP contribution in [0.5, 0.6) is 0 Å². The highest BCUT2D eigenvalue weighted by Crippen LogP contribution is 2.65. The zero-order valence-corrected chi connectivity index (χ0v) is 13.8. The highest BCUT2D eigenvalue weighted by Gasteiger charge is 2.97. The van der Waals surface area contributed by atoms with Gasteiger partial charge in [-0.1, -0.05) is 8.96 Å². The van der Waals surface area contributed by atoms with Gasteiger partial charge in [0.2, 0.25) is 0 Å². The van der Waals surface area contributed by atoms with Crippen LogP contribution in [0.1, 0.15) is 0 Å². The number of rotatable bonds is 9. The lowest BCUT2D eigenvalue weighted by molar-refractivity contribution is -0.473. The first-order valence-corrected chi connectivity index (χ1v) is 6.69. The number of hydrogen-bond donors (Lipinski definition) is 0. The van der Waals surface area contributed by atoms with E-state index >= 15 is 0 Å². The van der Waals surface area contributed by atoms with Crippen LogP contribution < -0.4 is 0 Å². The van der Waals surface area contributed by atoms with Crippen molar-refractivity contribution in [3.63, 3.8) is 0 Å². The Kier molecular flexibility index (Phi) is 7.35. The van der Waals surface area contributed by atoms with Crippen molar-refractivity contribution >= 4 is 0 Å². The van der Waals surface area contributed by atoms with Gasteiger partial charge in [-0.25, -0.2) is 4.39 Å². The first-order chi connectivity index (χ1) is 13.9. The summed E-state index contributed by atoms with van der Waals surface area (Å²) in [6.45, 7) is 0. The fourth-order valence-electron chi connectivity index (χ4n) is 1.65. The molecule has 0 amide bonds. The summed E-state index contributed by atoms with van der Waals surface area (Å²) in [5.41, 5.74) is 0. The lowest BCUT2D eigenvalue weighted by Crippen LogP contribution is -2.76. The molecule has 0 saturated heterocycles. The standard InChI is InChI=1S/C10HF22N/c11-1(33(31)32)2(12,13)3(14,15)4(16,17)5(18,19)6(20,21)7(22,23)8(24,25)9(26,27)10(28,29)30/h1H. The molecule has 1 nitrogen and oxygen atoms in total. The molecule has 0 aliphatic heterocycles. The van der Waals surface area contributed by atoms with Gasteiger partial charge in [0, 0.05) is 0 Å². The van der Waals surface area contributed by atoms with E-state index in [1.54, 1.807) is 0 Å². The first-order valence-electron chi connectivity index (χ1n) is 6.69. The second-order valence-corrected chi connectivity index (χ2v) is 5.74. The van der Waals surface area contributed by atoms with Gasteiger partial charge in [-0.15, -0.1) is 0 Å². The van der Waals surface area contributed by atoms with Crippen molar-refractivity contribution in [3.05, 3.63) is 0 Å². The number of halogens is 22. The van der Waals surface area contributed by atoms with Gasteiger partial charge in [-0.2, -0.15) is 83.4 Å². The van der Waals surface area contributed by atoms with Gasteiger partial charge in [0.25, 0.3) is 6.30 Å². The maximum atomic E-state index is 13.2. The van der Waals surface area contributed by atoms with Crippen LogP contribution >= 0.6 is 0 Å². The van der Waals surface area contributed by atoms with Crippen LogP contribution in [0.25, 0.3) is 0 Å². The number of alkyl halides is 20. The summed E-state index contributed by atoms with van der Waals surface area (Å²) in [4.78, 5) is 0. The van der Waals surface area contributed by atoms with E-state index in [4.69, 9.17) is 0 Å². The Hall–Kier alpha value is -1.58. The van der Waals surface area contributed by atoms with E-state index in [-0.39, 0.29) is 0 Å². The van der Waals surface area contributed by atoms with E-state index in [0.29, 0.717) is 0 Å². The molecule has 0 rings (SSSR count). The summed E-state index contributed by atoms with van der Waals surface area (Å²) in [6, 6.07) is 0. The molecular weight excluding hydrogens is 552 g/mol. The summed E-state index contributed by atoms with van der Waals surface area (Å²) >= 11 is 0. The minimum absolute atomic E-state index is 3.76. The molecule has 0 bridgehead atoms. The largest absolute Gasteiger partial charge is 0.460 e. The molecule has 0 spiro atoms. The van der Waals surface area contributed by atoms with Crippen molar-refractivity contribution in [3.8, 4) is 0 Å². The minimum Gasteiger partial charge on any atom is -0.217 e. The second kappa shape index (κ2) is 7.71. The average Bonchev–Trinajstić information content (AvgIpc) is 2.58. The Morgan fingerprint density at radius 2 is 0.576 bits per heavy atom. The zero-order valence-electron chi connectivity index (χ0n) is 13.8. The smallest absolute Gasteiger partial charge is 0.217 e. The minimum atomic E-state index is -9.20. The average molecular weight is 553 g/mol. The molecule has 1 unspecified atom stereocenters. The summed E-state index contributed by atoms with van der Waals surface area (Å²) in [6.07, 6.45) is -14.1. The van der Waals surface area contributed by atoms with Crippen LogP contribution in [-0.2, 0) is 0 Å². The van der Waals surface area contributed by atoms with Crippen LogP contribution in [0.2, 0.25) is 0 Å². The van der Waals surface area contributed by atoms with E-state index in [1.807, 2.05) is 0 Å². The molecule has 0 N–H and O–H groups in total. The fourth-order valence-corrected chi connectivity index (χ4v) is 1.65. The quantitative estimate of drug-likeness (QED) is 0.169. The van der Waals surface area contributed by atoms with E-state index in [0.717, 1.165) is 0 Å². The fraction of sp³-hybridized carbons (Fsp3) is 1.00.